The van der Waals surface area contributed by atoms with Gasteiger partial charge in [-0.15, -0.1) is 5.92 Å². The van der Waals surface area contributed by atoms with Gasteiger partial charge in [-0.25, -0.2) is 0 Å². The highest BCUT2D eigenvalue weighted by atomic mass is 14.9. The average Bonchev–Trinajstić information content (AvgIpc) is 2.21. The van der Waals surface area contributed by atoms with Crippen molar-refractivity contribution in [2.75, 3.05) is 6.54 Å². The fraction of sp³-hybridized carbons (Fsp3) is 0.846. The van der Waals surface area contributed by atoms with E-state index in [2.05, 4.69) is 24.1 Å². The first-order chi connectivity index (χ1) is 6.86. The molecule has 1 saturated carbocycles. The van der Waals surface area contributed by atoms with Gasteiger partial charge in [0.2, 0.25) is 0 Å². The van der Waals surface area contributed by atoms with Crippen LogP contribution in [0.25, 0.3) is 0 Å². The Morgan fingerprint density at radius 1 is 1.21 bits per heavy atom. The Bertz CT molecular complexity index is 191. The highest BCUT2D eigenvalue weighted by Gasteiger charge is 2.19. The molecule has 0 atom stereocenters. The van der Waals surface area contributed by atoms with E-state index in [1.54, 1.807) is 0 Å². The molecule has 0 saturated heterocycles. The largest absolute Gasteiger partial charge is 0.303 e. The highest BCUT2D eigenvalue weighted by molar-refractivity contribution is 4.97. The summed E-state index contributed by atoms with van der Waals surface area (Å²) in [5.74, 6) is 7.00. The monoisotopic (exact) mass is 193 g/mol. The van der Waals surface area contributed by atoms with E-state index in [4.69, 9.17) is 0 Å². The summed E-state index contributed by atoms with van der Waals surface area (Å²) >= 11 is 0. The van der Waals surface area contributed by atoms with Crippen molar-refractivity contribution in [1.82, 2.24) is 5.32 Å². The predicted octanol–water partition coefficient (Wildman–Crippen LogP) is 2.96. The van der Waals surface area contributed by atoms with Gasteiger partial charge in [0.15, 0.2) is 0 Å². The minimum atomic E-state index is 0.740. The Morgan fingerprint density at radius 2 is 1.93 bits per heavy atom. The van der Waals surface area contributed by atoms with Crippen molar-refractivity contribution in [3.63, 3.8) is 0 Å². The first kappa shape index (κ1) is 11.6. The van der Waals surface area contributed by atoms with E-state index >= 15 is 0 Å². The maximum Gasteiger partial charge on any atom is 0.0578 e. The third kappa shape index (κ3) is 4.15. The summed E-state index contributed by atoms with van der Waals surface area (Å²) < 4.78 is 0. The zero-order chi connectivity index (χ0) is 10.2. The molecular formula is C13H23N. The normalized spacial score (nSPS) is 26.7. The molecule has 0 bridgehead atoms. The zero-order valence-electron chi connectivity index (χ0n) is 9.60. The predicted molar refractivity (Wildman–Crippen MR) is 62.1 cm³/mol. The van der Waals surface area contributed by atoms with Crippen molar-refractivity contribution >= 4 is 0 Å². The van der Waals surface area contributed by atoms with E-state index in [-0.39, 0.29) is 0 Å². The Hall–Kier alpha value is -0.480. The van der Waals surface area contributed by atoms with E-state index in [1.165, 1.54) is 38.5 Å². The molecule has 0 unspecified atom stereocenters. The van der Waals surface area contributed by atoms with Gasteiger partial charge in [-0.2, -0.15) is 0 Å². The van der Waals surface area contributed by atoms with Crippen LogP contribution in [0, 0.1) is 17.8 Å². The summed E-state index contributed by atoms with van der Waals surface area (Å²) in [5.41, 5.74) is 0. The van der Waals surface area contributed by atoms with Gasteiger partial charge >= 0.3 is 0 Å². The lowest BCUT2D eigenvalue weighted by Gasteiger charge is -2.28. The molecule has 0 amide bonds. The maximum absolute atomic E-state index is 3.51. The van der Waals surface area contributed by atoms with Crippen molar-refractivity contribution in [2.45, 2.75) is 58.4 Å². The molecule has 1 heteroatoms. The van der Waals surface area contributed by atoms with E-state index in [0.717, 1.165) is 18.5 Å². The standard InChI is InChI=1S/C13H23N/c1-3-5-11-14-13-9-7-12(6-4-2)8-10-13/h12-14H,4,6-11H2,1-2H3. The molecule has 1 fully saturated rings. The first-order valence-electron chi connectivity index (χ1n) is 5.99. The second-order valence-corrected chi connectivity index (χ2v) is 4.31. The molecule has 0 heterocycles. The molecule has 0 spiro atoms. The minimum Gasteiger partial charge on any atom is -0.303 e. The second-order valence-electron chi connectivity index (χ2n) is 4.31. The average molecular weight is 193 g/mol. The Balaban J connectivity index is 2.11. The molecule has 80 valence electrons. The lowest BCUT2D eigenvalue weighted by molar-refractivity contribution is 0.284. The van der Waals surface area contributed by atoms with Crippen molar-refractivity contribution < 1.29 is 0 Å². The van der Waals surface area contributed by atoms with E-state index in [0.29, 0.717) is 0 Å². The molecule has 1 aliphatic carbocycles. The topological polar surface area (TPSA) is 12.0 Å². The summed E-state index contributed by atoms with van der Waals surface area (Å²) in [6.45, 7) is 5.07. The molecule has 0 aliphatic heterocycles. The fourth-order valence-corrected chi connectivity index (χ4v) is 2.35. The van der Waals surface area contributed by atoms with Crippen molar-refractivity contribution in [3.8, 4) is 11.8 Å². The van der Waals surface area contributed by atoms with Gasteiger partial charge < -0.3 is 5.32 Å². The Kier molecular flexibility index (Phi) is 5.71. The summed E-state index contributed by atoms with van der Waals surface area (Å²) in [5, 5.41) is 3.51. The molecule has 0 aromatic rings. The Labute approximate surface area is 88.7 Å². The molecule has 1 N–H and O–H groups in total. The van der Waals surface area contributed by atoms with Crippen LogP contribution in [-0.2, 0) is 0 Å². The molecular weight excluding hydrogens is 170 g/mol. The lowest BCUT2D eigenvalue weighted by Crippen LogP contribution is -2.33. The first-order valence-corrected chi connectivity index (χ1v) is 5.99. The van der Waals surface area contributed by atoms with Crippen molar-refractivity contribution in [1.29, 1.82) is 0 Å². The maximum atomic E-state index is 3.51. The van der Waals surface area contributed by atoms with Crippen LogP contribution in [0.2, 0.25) is 0 Å². The van der Waals surface area contributed by atoms with Gasteiger partial charge in [0, 0.05) is 6.04 Å². The van der Waals surface area contributed by atoms with Gasteiger partial charge in [0.25, 0.3) is 0 Å². The number of hydrogen-bond acceptors (Lipinski definition) is 1. The molecule has 1 aliphatic rings. The lowest BCUT2D eigenvalue weighted by atomic mass is 9.83. The van der Waals surface area contributed by atoms with Crippen LogP contribution < -0.4 is 5.32 Å². The zero-order valence-corrected chi connectivity index (χ0v) is 9.60. The van der Waals surface area contributed by atoms with Gasteiger partial charge in [0.1, 0.15) is 0 Å². The van der Waals surface area contributed by atoms with E-state index in [1.807, 2.05) is 6.92 Å². The van der Waals surface area contributed by atoms with Crippen molar-refractivity contribution in [3.05, 3.63) is 0 Å². The molecule has 1 rings (SSSR count). The second kappa shape index (κ2) is 6.90. The summed E-state index contributed by atoms with van der Waals surface area (Å²) in [7, 11) is 0. The molecule has 14 heavy (non-hydrogen) atoms. The quantitative estimate of drug-likeness (QED) is 0.677. The third-order valence-corrected chi connectivity index (χ3v) is 3.20. The number of rotatable bonds is 4. The SMILES string of the molecule is CC#CCNC1CCC(CCC)CC1. The number of hydrogen-bond donors (Lipinski definition) is 1. The van der Waals surface area contributed by atoms with Gasteiger partial charge in [0.05, 0.1) is 6.54 Å². The summed E-state index contributed by atoms with van der Waals surface area (Å²) in [6, 6.07) is 0.740. The van der Waals surface area contributed by atoms with Gasteiger partial charge in [-0.3, -0.25) is 0 Å². The van der Waals surface area contributed by atoms with Gasteiger partial charge in [-0.1, -0.05) is 25.7 Å². The smallest absolute Gasteiger partial charge is 0.0578 e. The van der Waals surface area contributed by atoms with Crippen LogP contribution in [-0.4, -0.2) is 12.6 Å². The van der Waals surface area contributed by atoms with Crippen molar-refractivity contribution in [2.24, 2.45) is 5.92 Å². The summed E-state index contributed by atoms with van der Waals surface area (Å²) in [6.07, 6.45) is 8.34. The van der Waals surface area contributed by atoms with Gasteiger partial charge in [-0.05, 0) is 38.5 Å². The van der Waals surface area contributed by atoms with E-state index in [9.17, 15) is 0 Å². The number of nitrogens with one attached hydrogen (secondary N) is 1. The fourth-order valence-electron chi connectivity index (χ4n) is 2.35. The molecule has 1 nitrogen and oxygen atoms in total. The van der Waals surface area contributed by atoms with E-state index < -0.39 is 0 Å². The highest BCUT2D eigenvalue weighted by Crippen LogP contribution is 2.27. The van der Waals surface area contributed by atoms with Crippen LogP contribution >= 0.6 is 0 Å². The molecule has 0 radical (unpaired) electrons. The molecule has 0 aromatic carbocycles. The van der Waals surface area contributed by atoms with Crippen LogP contribution in [0.15, 0.2) is 0 Å². The third-order valence-electron chi connectivity index (χ3n) is 3.20. The Morgan fingerprint density at radius 3 is 2.50 bits per heavy atom. The van der Waals surface area contributed by atoms with Crippen LogP contribution in [0.5, 0.6) is 0 Å². The van der Waals surface area contributed by atoms with Crippen LogP contribution in [0.1, 0.15) is 52.4 Å². The van der Waals surface area contributed by atoms with Crippen LogP contribution in [0.4, 0.5) is 0 Å². The minimum absolute atomic E-state index is 0.740. The molecule has 0 aromatic heterocycles. The summed E-state index contributed by atoms with van der Waals surface area (Å²) in [4.78, 5) is 0. The van der Waals surface area contributed by atoms with Crippen LogP contribution in [0.3, 0.4) is 0 Å².